The number of fused-ring (bicyclic) bond motifs is 1. The standard InChI is InChI=1S/C19H13ClFNO4/c20-14-8-11(10-16-17(14)25-7-1-6-24-16)9-15-19(23)26-18(22-15)12-2-4-13(21)5-3-12/h2-5,8-10H,1,6-7H2/b15-9-. The number of benzene rings is 2. The summed E-state index contributed by atoms with van der Waals surface area (Å²) in [5.74, 6) is 0.178. The predicted octanol–water partition coefficient (Wildman–Crippen LogP) is 3.98. The van der Waals surface area contributed by atoms with Crippen molar-refractivity contribution in [2.24, 2.45) is 4.99 Å². The molecule has 2 aliphatic heterocycles. The second kappa shape index (κ2) is 6.80. The monoisotopic (exact) mass is 373 g/mol. The summed E-state index contributed by atoms with van der Waals surface area (Å²) in [6, 6.07) is 8.94. The number of hydrogen-bond acceptors (Lipinski definition) is 5. The maximum Gasteiger partial charge on any atom is 0.363 e. The number of halogens is 2. The molecule has 2 aliphatic rings. The van der Waals surface area contributed by atoms with Gasteiger partial charge in [-0.05, 0) is 48.0 Å². The third-order valence-corrected chi connectivity index (χ3v) is 4.12. The molecule has 0 spiro atoms. The number of rotatable bonds is 2. The van der Waals surface area contributed by atoms with E-state index in [1.54, 1.807) is 18.2 Å². The van der Waals surface area contributed by atoms with Crippen molar-refractivity contribution in [3.63, 3.8) is 0 Å². The van der Waals surface area contributed by atoms with Crippen LogP contribution in [0, 0.1) is 5.82 Å². The van der Waals surface area contributed by atoms with Gasteiger partial charge in [0.25, 0.3) is 0 Å². The van der Waals surface area contributed by atoms with Gasteiger partial charge in [0.05, 0.1) is 18.2 Å². The van der Waals surface area contributed by atoms with E-state index < -0.39 is 5.97 Å². The fourth-order valence-electron chi connectivity index (χ4n) is 2.62. The summed E-state index contributed by atoms with van der Waals surface area (Å²) in [6.45, 7) is 1.06. The van der Waals surface area contributed by atoms with Crippen molar-refractivity contribution < 1.29 is 23.4 Å². The van der Waals surface area contributed by atoms with Gasteiger partial charge >= 0.3 is 5.97 Å². The molecule has 4 rings (SSSR count). The van der Waals surface area contributed by atoms with Crippen LogP contribution in [0.4, 0.5) is 4.39 Å². The van der Waals surface area contributed by atoms with E-state index >= 15 is 0 Å². The highest BCUT2D eigenvalue weighted by Crippen LogP contribution is 2.38. The first-order valence-electron chi connectivity index (χ1n) is 7.98. The lowest BCUT2D eigenvalue weighted by Gasteiger charge is -2.10. The van der Waals surface area contributed by atoms with Crippen molar-refractivity contribution in [1.29, 1.82) is 0 Å². The van der Waals surface area contributed by atoms with Gasteiger partial charge in [-0.2, -0.15) is 0 Å². The van der Waals surface area contributed by atoms with Crippen LogP contribution in [0.3, 0.4) is 0 Å². The third-order valence-electron chi connectivity index (χ3n) is 3.84. The average molecular weight is 374 g/mol. The minimum Gasteiger partial charge on any atom is -0.489 e. The number of hydrogen-bond donors (Lipinski definition) is 0. The van der Waals surface area contributed by atoms with E-state index in [0.29, 0.717) is 40.9 Å². The summed E-state index contributed by atoms with van der Waals surface area (Å²) in [5, 5.41) is 0.394. The lowest BCUT2D eigenvalue weighted by atomic mass is 10.1. The Bertz CT molecular complexity index is 937. The lowest BCUT2D eigenvalue weighted by molar-refractivity contribution is -0.129. The second-order valence-electron chi connectivity index (χ2n) is 5.72. The van der Waals surface area contributed by atoms with E-state index in [4.69, 9.17) is 25.8 Å². The molecule has 0 aromatic heterocycles. The number of ether oxygens (including phenoxy) is 3. The van der Waals surface area contributed by atoms with E-state index in [0.717, 1.165) is 6.42 Å². The van der Waals surface area contributed by atoms with Crippen LogP contribution in [0.15, 0.2) is 47.1 Å². The zero-order valence-corrected chi connectivity index (χ0v) is 14.3. The number of carbonyl (C=O) groups excluding carboxylic acids is 1. The first kappa shape index (κ1) is 16.6. The number of carbonyl (C=O) groups is 1. The van der Waals surface area contributed by atoms with Crippen LogP contribution in [-0.2, 0) is 9.53 Å². The Morgan fingerprint density at radius 2 is 1.88 bits per heavy atom. The van der Waals surface area contributed by atoms with E-state index in [9.17, 15) is 9.18 Å². The van der Waals surface area contributed by atoms with Crippen molar-refractivity contribution >= 4 is 29.5 Å². The molecule has 26 heavy (non-hydrogen) atoms. The van der Waals surface area contributed by atoms with Gasteiger partial charge in [-0.1, -0.05) is 11.6 Å². The Balaban J connectivity index is 1.67. The molecule has 0 saturated heterocycles. The second-order valence-corrected chi connectivity index (χ2v) is 6.13. The van der Waals surface area contributed by atoms with Crippen LogP contribution in [0.5, 0.6) is 11.5 Å². The van der Waals surface area contributed by atoms with E-state index in [2.05, 4.69) is 4.99 Å². The van der Waals surface area contributed by atoms with Crippen molar-refractivity contribution in [2.45, 2.75) is 6.42 Å². The van der Waals surface area contributed by atoms with Crippen molar-refractivity contribution in [3.8, 4) is 11.5 Å². The fraction of sp³-hybridized carbons (Fsp3) is 0.158. The van der Waals surface area contributed by atoms with Crippen molar-refractivity contribution in [3.05, 3.63) is 64.1 Å². The molecule has 132 valence electrons. The van der Waals surface area contributed by atoms with Crippen LogP contribution < -0.4 is 9.47 Å². The molecule has 5 nitrogen and oxygen atoms in total. The summed E-state index contributed by atoms with van der Waals surface area (Å²) < 4.78 is 29.4. The number of nitrogens with zero attached hydrogens (tertiary/aromatic N) is 1. The molecule has 0 amide bonds. The highest BCUT2D eigenvalue weighted by Gasteiger charge is 2.24. The Hall–Kier alpha value is -2.86. The highest BCUT2D eigenvalue weighted by molar-refractivity contribution is 6.32. The summed E-state index contributed by atoms with van der Waals surface area (Å²) in [5.41, 5.74) is 1.27. The van der Waals surface area contributed by atoms with Crippen molar-refractivity contribution in [2.75, 3.05) is 13.2 Å². The Morgan fingerprint density at radius 1 is 1.12 bits per heavy atom. The molecule has 2 aromatic rings. The van der Waals surface area contributed by atoms with E-state index in [-0.39, 0.29) is 17.4 Å². The van der Waals surface area contributed by atoms with Gasteiger partial charge in [-0.3, -0.25) is 0 Å². The van der Waals surface area contributed by atoms with Gasteiger partial charge in [0.1, 0.15) is 5.82 Å². The molecule has 0 bridgehead atoms. The molecular formula is C19H13ClFNO4. The fourth-order valence-corrected chi connectivity index (χ4v) is 2.89. The average Bonchev–Trinajstić information content (AvgIpc) is 2.82. The first-order chi connectivity index (χ1) is 12.6. The molecule has 7 heteroatoms. The summed E-state index contributed by atoms with van der Waals surface area (Å²) in [6.07, 6.45) is 2.32. The molecule has 0 atom stereocenters. The van der Waals surface area contributed by atoms with Crippen LogP contribution >= 0.6 is 11.6 Å². The smallest absolute Gasteiger partial charge is 0.363 e. The van der Waals surface area contributed by atoms with Gasteiger partial charge in [-0.25, -0.2) is 14.2 Å². The Labute approximate surface area is 153 Å². The van der Waals surface area contributed by atoms with Crippen LogP contribution in [0.1, 0.15) is 17.5 Å². The van der Waals surface area contributed by atoms with Gasteiger partial charge < -0.3 is 14.2 Å². The molecular weight excluding hydrogens is 361 g/mol. The maximum atomic E-state index is 13.0. The Morgan fingerprint density at radius 3 is 2.69 bits per heavy atom. The molecule has 0 fully saturated rings. The minimum atomic E-state index is -0.590. The Kier molecular flexibility index (Phi) is 4.34. The summed E-state index contributed by atoms with van der Waals surface area (Å²) in [4.78, 5) is 16.3. The zero-order valence-electron chi connectivity index (χ0n) is 13.5. The zero-order chi connectivity index (χ0) is 18.1. The van der Waals surface area contributed by atoms with Gasteiger partial charge in [0.15, 0.2) is 17.2 Å². The quantitative estimate of drug-likeness (QED) is 0.590. The van der Waals surface area contributed by atoms with E-state index in [1.807, 2.05) is 0 Å². The summed E-state index contributed by atoms with van der Waals surface area (Å²) in [7, 11) is 0. The molecule has 2 heterocycles. The molecule has 0 unspecified atom stereocenters. The largest absolute Gasteiger partial charge is 0.489 e. The van der Waals surface area contributed by atoms with Gasteiger partial charge in [0, 0.05) is 12.0 Å². The summed E-state index contributed by atoms with van der Waals surface area (Å²) >= 11 is 6.26. The van der Waals surface area contributed by atoms with Crippen LogP contribution in [0.2, 0.25) is 5.02 Å². The number of cyclic esters (lactones) is 1. The molecule has 0 radical (unpaired) electrons. The normalized spacial score (nSPS) is 17.7. The number of esters is 1. The highest BCUT2D eigenvalue weighted by atomic mass is 35.5. The SMILES string of the molecule is O=C1OC(c2ccc(F)cc2)=N/C1=C\c1cc(Cl)c2c(c1)OCCCO2. The van der Waals surface area contributed by atoms with Crippen molar-refractivity contribution in [1.82, 2.24) is 0 Å². The predicted molar refractivity (Wildman–Crippen MR) is 94.1 cm³/mol. The minimum absolute atomic E-state index is 0.120. The van der Waals surface area contributed by atoms with Gasteiger partial charge in [-0.15, -0.1) is 0 Å². The van der Waals surface area contributed by atoms with Crippen LogP contribution in [-0.4, -0.2) is 25.1 Å². The first-order valence-corrected chi connectivity index (χ1v) is 8.35. The number of aliphatic imine (C=N–C) groups is 1. The lowest BCUT2D eigenvalue weighted by Crippen LogP contribution is -2.05. The molecule has 2 aromatic carbocycles. The topological polar surface area (TPSA) is 57.1 Å². The third kappa shape index (κ3) is 3.28. The molecule has 0 aliphatic carbocycles. The molecule has 0 saturated carbocycles. The maximum absolute atomic E-state index is 13.0. The van der Waals surface area contributed by atoms with E-state index in [1.165, 1.54) is 24.3 Å². The molecule has 0 N–H and O–H groups in total. The van der Waals surface area contributed by atoms with Gasteiger partial charge in [0.2, 0.25) is 5.90 Å². The van der Waals surface area contributed by atoms with Crippen LogP contribution in [0.25, 0.3) is 6.08 Å².